The van der Waals surface area contributed by atoms with E-state index in [1.54, 1.807) is 11.3 Å². The predicted octanol–water partition coefficient (Wildman–Crippen LogP) is 11.3. The minimum Gasteiger partial charge on any atom is -0.465 e. The number of carbonyl (C=O) groups excluding carboxylic acids is 1. The summed E-state index contributed by atoms with van der Waals surface area (Å²) in [6.07, 6.45) is 6.79. The number of azo groups is 3. The van der Waals surface area contributed by atoms with Crippen LogP contribution in [-0.2, 0) is 9.53 Å². The van der Waals surface area contributed by atoms with Crippen molar-refractivity contribution in [3.63, 3.8) is 0 Å². The number of esters is 1. The van der Waals surface area contributed by atoms with E-state index < -0.39 is 0 Å². The molecule has 1 aliphatic heterocycles. The van der Waals surface area contributed by atoms with Gasteiger partial charge in [0.2, 0.25) is 0 Å². The molecule has 14 heteroatoms. The Balaban J connectivity index is 1.11. The number of anilines is 1. The molecule has 0 N–H and O–H groups in total. The molecule has 240 valence electrons. The molecule has 0 atom stereocenters. The zero-order valence-electron chi connectivity index (χ0n) is 26.3. The third kappa shape index (κ3) is 10.1. The maximum atomic E-state index is 11.9. The number of hydrogen-bond acceptors (Lipinski definition) is 14. The second kappa shape index (κ2) is 17.2. The van der Waals surface area contributed by atoms with E-state index in [2.05, 4.69) is 58.8 Å². The standard InChI is InChI=1S/C32H37N9O2S3/c1-4-5-6-9-18-43-30(42)21-44-32-40-39-31(46-32)38-36-27-13-10-24(19-23(27)3)33-35-26-12-11-25(20-22(26)2)34-37-28-14-15-29(45-28)41-16-7-8-17-41/h10-15,19-20H,4-9,16-18,21H2,1-3H3/b35-33+,37-34+,38-36+. The monoisotopic (exact) mass is 675 g/mol. The van der Waals surface area contributed by atoms with Crippen LogP contribution >= 0.6 is 34.4 Å². The van der Waals surface area contributed by atoms with E-state index in [9.17, 15) is 4.79 Å². The minimum atomic E-state index is -0.248. The first kappa shape index (κ1) is 33.5. The molecule has 0 bridgehead atoms. The van der Waals surface area contributed by atoms with Crippen LogP contribution in [0.15, 0.2) is 83.6 Å². The highest BCUT2D eigenvalue weighted by Crippen LogP contribution is 2.36. The normalized spacial score (nSPS) is 13.6. The molecule has 0 spiro atoms. The van der Waals surface area contributed by atoms with E-state index in [4.69, 9.17) is 4.74 Å². The Kier molecular flexibility index (Phi) is 12.5. The fourth-order valence-electron chi connectivity index (χ4n) is 4.60. The molecule has 0 amide bonds. The van der Waals surface area contributed by atoms with E-state index in [1.807, 2.05) is 56.3 Å². The van der Waals surface area contributed by atoms with Crippen LogP contribution in [-0.4, -0.2) is 41.6 Å². The largest absolute Gasteiger partial charge is 0.465 e. The number of nitrogens with zero attached hydrogens (tertiary/aromatic N) is 9. The van der Waals surface area contributed by atoms with Gasteiger partial charge >= 0.3 is 5.97 Å². The van der Waals surface area contributed by atoms with Crippen LogP contribution in [0.5, 0.6) is 0 Å². The van der Waals surface area contributed by atoms with Crippen LogP contribution in [0.4, 0.5) is 37.9 Å². The van der Waals surface area contributed by atoms with Crippen molar-refractivity contribution in [3.05, 3.63) is 59.7 Å². The number of aromatic nitrogens is 2. The molecule has 1 saturated heterocycles. The lowest BCUT2D eigenvalue weighted by Crippen LogP contribution is -2.15. The Morgan fingerprint density at radius 3 is 2.22 bits per heavy atom. The number of rotatable bonds is 15. The number of aryl methyl sites for hydroxylation is 2. The number of benzene rings is 2. The number of unbranched alkanes of at least 4 members (excludes halogenated alkanes) is 3. The van der Waals surface area contributed by atoms with Crippen molar-refractivity contribution in [2.24, 2.45) is 30.7 Å². The third-order valence-electron chi connectivity index (χ3n) is 7.11. The summed E-state index contributed by atoms with van der Waals surface area (Å²) in [4.78, 5) is 14.3. The number of thioether (sulfide) groups is 1. The van der Waals surface area contributed by atoms with E-state index >= 15 is 0 Å². The third-order valence-corrected chi connectivity index (χ3v) is 10.1. The molecule has 1 aliphatic rings. The van der Waals surface area contributed by atoms with E-state index in [0.29, 0.717) is 27.5 Å². The molecular formula is C32H37N9O2S3. The maximum Gasteiger partial charge on any atom is 0.316 e. The molecule has 0 saturated carbocycles. The van der Waals surface area contributed by atoms with Gasteiger partial charge in [-0.1, -0.05) is 60.6 Å². The molecule has 2 aromatic heterocycles. The van der Waals surface area contributed by atoms with Crippen molar-refractivity contribution in [1.82, 2.24) is 10.2 Å². The van der Waals surface area contributed by atoms with E-state index in [1.165, 1.54) is 40.9 Å². The van der Waals surface area contributed by atoms with Gasteiger partial charge in [0.05, 0.1) is 40.1 Å². The van der Waals surface area contributed by atoms with Crippen LogP contribution in [0.25, 0.3) is 0 Å². The fourth-order valence-corrected chi connectivity index (χ4v) is 6.94. The first-order chi connectivity index (χ1) is 22.5. The van der Waals surface area contributed by atoms with Gasteiger partial charge in [0.15, 0.2) is 4.34 Å². The van der Waals surface area contributed by atoms with Crippen molar-refractivity contribution in [2.75, 3.05) is 30.3 Å². The van der Waals surface area contributed by atoms with Crippen LogP contribution in [0.3, 0.4) is 0 Å². The van der Waals surface area contributed by atoms with Crippen molar-refractivity contribution in [2.45, 2.75) is 63.6 Å². The molecule has 3 heterocycles. The molecule has 11 nitrogen and oxygen atoms in total. The van der Waals surface area contributed by atoms with Gasteiger partial charge in [0.1, 0.15) is 5.00 Å². The summed E-state index contributed by atoms with van der Waals surface area (Å²) in [5, 5.41) is 37.0. The minimum absolute atomic E-state index is 0.193. The van der Waals surface area contributed by atoms with Crippen molar-refractivity contribution < 1.29 is 9.53 Å². The number of hydrogen-bond donors (Lipinski definition) is 0. The van der Waals surface area contributed by atoms with Crippen LogP contribution in [0.1, 0.15) is 56.6 Å². The van der Waals surface area contributed by atoms with Gasteiger partial charge in [-0.15, -0.1) is 30.7 Å². The van der Waals surface area contributed by atoms with Gasteiger partial charge in [0.25, 0.3) is 5.13 Å². The molecule has 1 fully saturated rings. The van der Waals surface area contributed by atoms with Gasteiger partial charge in [0, 0.05) is 13.1 Å². The van der Waals surface area contributed by atoms with Gasteiger partial charge < -0.3 is 9.64 Å². The quantitative estimate of drug-likeness (QED) is 0.0533. The average molecular weight is 676 g/mol. The lowest BCUT2D eigenvalue weighted by molar-refractivity contribution is -0.140. The molecule has 0 radical (unpaired) electrons. The molecule has 2 aromatic carbocycles. The van der Waals surface area contributed by atoms with Crippen molar-refractivity contribution in [1.29, 1.82) is 0 Å². The predicted molar refractivity (Wildman–Crippen MR) is 186 cm³/mol. The van der Waals surface area contributed by atoms with Gasteiger partial charge in [-0.05, 0) is 92.8 Å². The molecule has 4 aromatic rings. The molecule has 0 unspecified atom stereocenters. The highest BCUT2D eigenvalue weighted by atomic mass is 32.2. The summed E-state index contributed by atoms with van der Waals surface area (Å²) in [5.41, 5.74) is 4.79. The number of ether oxygens (including phenoxy) is 1. The number of carbonyl (C=O) groups is 1. The molecule has 5 rings (SSSR count). The van der Waals surface area contributed by atoms with Crippen molar-refractivity contribution >= 4 is 78.3 Å². The number of thiophene rings is 1. The second-order valence-corrected chi connectivity index (χ2v) is 14.0. The molecular weight excluding hydrogens is 639 g/mol. The first-order valence-corrected chi connectivity index (χ1v) is 18.0. The second-order valence-electron chi connectivity index (χ2n) is 10.8. The summed E-state index contributed by atoms with van der Waals surface area (Å²) < 4.78 is 5.91. The van der Waals surface area contributed by atoms with E-state index in [0.717, 1.165) is 66.3 Å². The Morgan fingerprint density at radius 2 is 1.52 bits per heavy atom. The van der Waals surface area contributed by atoms with Crippen molar-refractivity contribution in [3.8, 4) is 0 Å². The lowest BCUT2D eigenvalue weighted by atomic mass is 10.2. The van der Waals surface area contributed by atoms with E-state index in [-0.39, 0.29) is 11.7 Å². The summed E-state index contributed by atoms with van der Waals surface area (Å²) in [6.45, 7) is 8.78. The Bertz CT molecular complexity index is 1690. The summed E-state index contributed by atoms with van der Waals surface area (Å²) in [6, 6.07) is 15.5. The van der Waals surface area contributed by atoms with Gasteiger partial charge in [-0.3, -0.25) is 4.79 Å². The SMILES string of the molecule is CCCCCCOC(=O)CSc1nnc(/N=N/c2ccc(/N=N/c3ccc(/N=N/c4ccc(N5CCCC5)s4)cc3C)cc2C)s1. The average Bonchev–Trinajstić information content (AvgIpc) is 3.84. The summed E-state index contributed by atoms with van der Waals surface area (Å²) >= 11 is 4.24. The lowest BCUT2D eigenvalue weighted by Gasteiger charge is -2.13. The first-order valence-electron chi connectivity index (χ1n) is 15.4. The highest BCUT2D eigenvalue weighted by molar-refractivity contribution is 8.01. The maximum absolute atomic E-state index is 11.9. The zero-order chi connectivity index (χ0) is 32.1. The van der Waals surface area contributed by atoms with Crippen LogP contribution in [0, 0.1) is 13.8 Å². The zero-order valence-corrected chi connectivity index (χ0v) is 28.7. The van der Waals surface area contributed by atoms with Gasteiger partial charge in [-0.2, -0.15) is 10.2 Å². The Morgan fingerprint density at radius 1 is 0.826 bits per heavy atom. The van der Waals surface area contributed by atoms with Crippen LogP contribution in [0.2, 0.25) is 0 Å². The smallest absolute Gasteiger partial charge is 0.316 e. The van der Waals surface area contributed by atoms with Gasteiger partial charge in [-0.25, -0.2) is 0 Å². The highest BCUT2D eigenvalue weighted by Gasteiger charge is 2.14. The summed E-state index contributed by atoms with van der Waals surface area (Å²) in [7, 11) is 0. The Hall–Kier alpha value is -3.88. The Labute approximate surface area is 281 Å². The molecule has 46 heavy (non-hydrogen) atoms. The summed E-state index contributed by atoms with van der Waals surface area (Å²) in [5.74, 6) is -0.0545. The van der Waals surface area contributed by atoms with Crippen LogP contribution < -0.4 is 4.90 Å². The molecule has 0 aliphatic carbocycles. The fraction of sp³-hybridized carbons (Fsp3) is 0.406. The topological polar surface area (TPSA) is 129 Å².